The molecule has 2 aromatic carbocycles. The van der Waals surface area contributed by atoms with Crippen LogP contribution in [0.3, 0.4) is 0 Å². The SMILES string of the molecule is CN[C@@H](CC(C)C)C(=O)N[C@@H](C(=O)N1[C@H](C(=O)N[C@@H](C(=O)N(C)[C@H](C(=O)N2CC[C@@H](O)CN2)C(C)C)C(C)C)C[C@@]2(O)c3cc(-c4ccc5c(c4)[C@]4(O)C[C@H]6C(=O)N[C@H](C(C)C)C(=O)N(C)[C@@H](C(C)C)C(=O)N7NC[C@H](O)C[C@@H]7C(=O)N[C@@H](CC(C)C)C(=O)N[C@H]([C@H](C)O)C(=O)N6[C@@H]4N5)ccc3N[C@@H]12)[C@H](C)O. The molecule has 0 radical (unpaired) electrons. The quantitative estimate of drug-likeness (QED) is 0.0692. The Bertz CT molecular complexity index is 3700. The number of rotatable bonds is 20. The molecule has 33 nitrogen and oxygen atoms in total. The van der Waals surface area contributed by atoms with Crippen LogP contribution in [-0.2, 0) is 63.9 Å². The molecule has 19 atom stereocenters. The molecule has 9 rings (SSSR count). The van der Waals surface area contributed by atoms with Crippen molar-refractivity contribution in [3.05, 3.63) is 47.5 Å². The molecular weight excluding hydrogens is 1380 g/mol. The highest BCUT2D eigenvalue weighted by Crippen LogP contribution is 2.53. The van der Waals surface area contributed by atoms with Gasteiger partial charge in [0.05, 0.1) is 30.5 Å². The number of benzene rings is 2. The molecule has 0 saturated carbocycles. The monoisotopic (exact) mass is 1500 g/mol. The number of likely N-dealkylation sites (N-methyl/N-ethyl adjacent to an activating group) is 3. The lowest BCUT2D eigenvalue weighted by atomic mass is 9.86. The van der Waals surface area contributed by atoms with Crippen LogP contribution in [-0.4, -0.2) is 269 Å². The molecule has 0 aromatic heterocycles. The maximum Gasteiger partial charge on any atom is 0.260 e. The first kappa shape index (κ1) is 82.9. The molecule has 0 aliphatic carbocycles. The number of likely N-dealkylation sites (tertiary alicyclic amines) is 1. The van der Waals surface area contributed by atoms with Crippen LogP contribution in [0.4, 0.5) is 11.4 Å². The van der Waals surface area contributed by atoms with Gasteiger partial charge in [0.1, 0.15) is 84.0 Å². The molecule has 0 bridgehead atoms. The number of anilines is 2. The van der Waals surface area contributed by atoms with E-state index in [4.69, 9.17) is 0 Å². The lowest BCUT2D eigenvalue weighted by Crippen LogP contribution is -2.68. The van der Waals surface area contributed by atoms with Gasteiger partial charge in [-0.05, 0) is 111 Å². The van der Waals surface area contributed by atoms with Gasteiger partial charge in [-0.15, -0.1) is 0 Å². The first-order valence-electron chi connectivity index (χ1n) is 37.6. The zero-order valence-corrected chi connectivity index (χ0v) is 64.5. The molecule has 7 aliphatic heterocycles. The van der Waals surface area contributed by atoms with E-state index in [2.05, 4.69) is 53.4 Å². The predicted octanol–water partition coefficient (Wildman–Crippen LogP) is -1.84. The second-order valence-electron chi connectivity index (χ2n) is 32.5. The van der Waals surface area contributed by atoms with Crippen LogP contribution >= 0.6 is 0 Å². The zero-order chi connectivity index (χ0) is 79.2. The number of hydrogen-bond acceptors (Lipinski definition) is 22. The summed E-state index contributed by atoms with van der Waals surface area (Å²) in [6.07, 6.45) is -8.67. The number of aliphatic hydroxyl groups excluding tert-OH is 4. The lowest BCUT2D eigenvalue weighted by molar-refractivity contribution is -0.159. The zero-order valence-electron chi connectivity index (χ0n) is 64.5. The van der Waals surface area contributed by atoms with Crippen LogP contribution in [0.2, 0.25) is 0 Å². The van der Waals surface area contributed by atoms with Gasteiger partial charge in [-0.1, -0.05) is 95.2 Å². The van der Waals surface area contributed by atoms with E-state index in [0.717, 1.165) is 14.8 Å². The third kappa shape index (κ3) is 16.6. The normalized spacial score (nSPS) is 29.5. The highest BCUT2D eigenvalue weighted by Gasteiger charge is 2.64. The van der Waals surface area contributed by atoms with E-state index >= 15 is 19.2 Å². The van der Waals surface area contributed by atoms with Crippen LogP contribution in [0.1, 0.15) is 147 Å². The van der Waals surface area contributed by atoms with Gasteiger partial charge in [-0.2, -0.15) is 0 Å². The highest BCUT2D eigenvalue weighted by atomic mass is 16.3. The highest BCUT2D eigenvalue weighted by molar-refractivity contribution is 6.01. The number of amides is 11. The molecular formula is C74H114N16O17. The van der Waals surface area contributed by atoms with Gasteiger partial charge in [0.25, 0.3) is 11.8 Å². The summed E-state index contributed by atoms with van der Waals surface area (Å²) in [6.45, 7) is 23.7. The molecule has 7 aliphatic rings. The van der Waals surface area contributed by atoms with E-state index in [1.165, 1.54) is 42.8 Å². The lowest BCUT2D eigenvalue weighted by Gasteiger charge is -2.42. The van der Waals surface area contributed by atoms with Gasteiger partial charge in [0.15, 0.2) is 0 Å². The average molecular weight is 1500 g/mol. The summed E-state index contributed by atoms with van der Waals surface area (Å²) in [6, 6.07) is -5.51. The molecule has 7 heterocycles. The van der Waals surface area contributed by atoms with Crippen molar-refractivity contribution >= 4 is 76.4 Å². The maximum atomic E-state index is 15.6. The van der Waals surface area contributed by atoms with Gasteiger partial charge in [0, 0.05) is 75.5 Å². The number of β-amino-alcohol motifs (C(OH)–C–C–N with tert-alkyl or cyclic N) is 2. The molecule has 11 amide bonds. The number of aliphatic hydroxyl groups is 6. The van der Waals surface area contributed by atoms with E-state index in [1.54, 1.807) is 113 Å². The molecule has 592 valence electrons. The largest absolute Gasteiger partial charge is 0.392 e. The maximum absolute atomic E-state index is 15.6. The van der Waals surface area contributed by atoms with Crippen LogP contribution < -0.4 is 53.4 Å². The first-order valence-corrected chi connectivity index (χ1v) is 37.6. The summed E-state index contributed by atoms with van der Waals surface area (Å²) in [5.41, 5.74) is 3.23. The Balaban J connectivity index is 1.08. The van der Waals surface area contributed by atoms with Crippen molar-refractivity contribution in [3.8, 4) is 11.1 Å². The van der Waals surface area contributed by atoms with Crippen molar-refractivity contribution in [2.24, 2.45) is 35.5 Å². The predicted molar refractivity (Wildman–Crippen MR) is 392 cm³/mol. The third-order valence-electron chi connectivity index (χ3n) is 22.0. The van der Waals surface area contributed by atoms with E-state index < -0.39 is 216 Å². The van der Waals surface area contributed by atoms with Crippen LogP contribution in [0, 0.1) is 35.5 Å². The number of fused-ring (bicyclic) bond motifs is 9. The molecule has 16 N–H and O–H groups in total. The Labute approximate surface area is 625 Å². The van der Waals surface area contributed by atoms with Crippen molar-refractivity contribution in [2.45, 2.75) is 250 Å². The van der Waals surface area contributed by atoms with E-state index in [-0.39, 0.29) is 55.4 Å². The number of carbonyl (C=O) groups is 11. The Kier molecular flexibility index (Phi) is 25.5. The van der Waals surface area contributed by atoms with Crippen LogP contribution in [0.25, 0.3) is 11.1 Å². The first-order chi connectivity index (χ1) is 50.1. The van der Waals surface area contributed by atoms with Gasteiger partial charge in [-0.25, -0.2) is 10.9 Å². The minimum atomic E-state index is -2.18. The molecule has 5 fully saturated rings. The molecule has 2 aromatic rings. The fourth-order valence-electron chi connectivity index (χ4n) is 16.3. The summed E-state index contributed by atoms with van der Waals surface area (Å²) >= 11 is 0. The number of hydrogen-bond donors (Lipinski definition) is 16. The Morgan fingerprint density at radius 1 is 0.636 bits per heavy atom. The van der Waals surface area contributed by atoms with E-state index in [9.17, 15) is 64.2 Å². The van der Waals surface area contributed by atoms with Gasteiger partial charge in [-0.3, -0.25) is 62.8 Å². The van der Waals surface area contributed by atoms with Crippen molar-refractivity contribution in [2.75, 3.05) is 51.4 Å². The summed E-state index contributed by atoms with van der Waals surface area (Å²) in [7, 11) is 4.42. The van der Waals surface area contributed by atoms with Crippen molar-refractivity contribution < 1.29 is 83.4 Å². The van der Waals surface area contributed by atoms with E-state index in [1.807, 2.05) is 13.8 Å². The number of nitrogens with one attached hydrogen (secondary N) is 10. The van der Waals surface area contributed by atoms with Gasteiger partial charge < -0.3 is 92.8 Å². The topological polar surface area (TPSA) is 449 Å². The van der Waals surface area contributed by atoms with Crippen molar-refractivity contribution in [3.63, 3.8) is 0 Å². The van der Waals surface area contributed by atoms with Crippen molar-refractivity contribution in [1.82, 2.24) is 72.4 Å². The average Bonchev–Trinajstić information content (AvgIpc) is 1.55. The summed E-state index contributed by atoms with van der Waals surface area (Å²) in [5.74, 6) is -11.2. The van der Waals surface area contributed by atoms with Gasteiger partial charge in [0.2, 0.25) is 53.2 Å². The molecule has 0 spiro atoms. The molecule has 5 saturated heterocycles. The standard InChI is InChI=1S/C74H114N16O17/c1-33(2)24-49(75-15)60(95)83-56(39(13)91)67(102)88-52(63(98)81-54(35(5)6)65(100)85(16)58(37(9)10)69(104)87-23-22-43(93)31-76-87)29-73(106)45-26-41(18-20-47(45)79-71(73)88)42-19-21-48-46(27-42)74(107)30-53-64(99)82-55(36(7)8)66(101)86(17)59(38(11)12)70(105)90-51(28-44(94)32-77-90)62(97)78-50(25-34(3)4)61(96)84-57(40(14)92)68(103)89(53)72(74)80-48/h18-21,26-27,33-40,43-44,49-59,71-72,75-77,79-80,91-94,106-107H,22-25,28-32H2,1-17H3,(H,78,97)(H,81,98)(H,82,99)(H,83,95)(H,84,96)/t39-,40-,43+,44+,49-,50-,51+,52-,53-,54+,55+,56+,57+,58-,59-,71-,72-,73+,74+/m0/s1. The Morgan fingerprint density at radius 2 is 1.21 bits per heavy atom. The fraction of sp³-hybridized carbons (Fsp3) is 0.689. The smallest absolute Gasteiger partial charge is 0.260 e. The van der Waals surface area contributed by atoms with E-state index in [0.29, 0.717) is 35.3 Å². The summed E-state index contributed by atoms with van der Waals surface area (Å²) in [4.78, 5) is 169. The Hall–Kier alpha value is -8.15. The number of carbonyl (C=O) groups excluding carboxylic acids is 11. The van der Waals surface area contributed by atoms with Crippen molar-refractivity contribution in [1.29, 1.82) is 0 Å². The second-order valence-corrected chi connectivity index (χ2v) is 32.5. The van der Waals surface area contributed by atoms with Gasteiger partial charge >= 0.3 is 0 Å². The minimum absolute atomic E-state index is 0.0102. The Morgan fingerprint density at radius 3 is 1.74 bits per heavy atom. The van der Waals surface area contributed by atoms with Crippen LogP contribution in [0.15, 0.2) is 36.4 Å². The molecule has 107 heavy (non-hydrogen) atoms. The molecule has 0 unspecified atom stereocenters. The fourth-order valence-corrected chi connectivity index (χ4v) is 16.3. The second kappa shape index (κ2) is 33.0. The summed E-state index contributed by atoms with van der Waals surface area (Å²) in [5, 5.41) is 96.5. The molecule has 33 heteroatoms. The third-order valence-corrected chi connectivity index (χ3v) is 22.0. The minimum Gasteiger partial charge on any atom is -0.392 e. The van der Waals surface area contributed by atoms with Crippen LogP contribution in [0.5, 0.6) is 0 Å². The number of nitrogens with zero attached hydrogens (tertiary/aromatic N) is 6. The number of hydrazine groups is 2. The summed E-state index contributed by atoms with van der Waals surface area (Å²) < 4.78 is 0.